The number of aliphatic hydroxyl groups excluding tert-OH is 3. The van der Waals surface area contributed by atoms with Crippen LogP contribution in [-0.4, -0.2) is 46.7 Å². The number of ether oxygens (including phenoxy) is 2. The molecule has 0 spiro atoms. The van der Waals surface area contributed by atoms with E-state index in [4.69, 9.17) is 14.6 Å². The van der Waals surface area contributed by atoms with Crippen LogP contribution in [0.5, 0.6) is 0 Å². The van der Waals surface area contributed by atoms with Crippen molar-refractivity contribution < 1.29 is 29.6 Å². The predicted molar refractivity (Wildman–Crippen MR) is 159 cm³/mol. The first-order valence-electron chi connectivity index (χ1n) is 14.4. The number of cyclic esters (lactones) is 1. The fourth-order valence-corrected chi connectivity index (χ4v) is 4.22. The van der Waals surface area contributed by atoms with Crippen molar-refractivity contribution in [3.05, 3.63) is 69.8 Å². The van der Waals surface area contributed by atoms with Gasteiger partial charge in [-0.3, -0.25) is 0 Å². The van der Waals surface area contributed by atoms with Gasteiger partial charge in [0.15, 0.2) is 11.9 Å². The summed E-state index contributed by atoms with van der Waals surface area (Å²) in [7, 11) is 0. The quantitative estimate of drug-likeness (QED) is 0.0876. The van der Waals surface area contributed by atoms with Gasteiger partial charge in [0.05, 0.1) is 13.2 Å². The normalized spacial score (nSPS) is 17.9. The second-order valence-corrected chi connectivity index (χ2v) is 10.9. The van der Waals surface area contributed by atoms with Crippen LogP contribution in [-0.2, 0) is 14.3 Å². The van der Waals surface area contributed by atoms with Crippen LogP contribution >= 0.6 is 0 Å². The van der Waals surface area contributed by atoms with Crippen molar-refractivity contribution in [2.45, 2.75) is 118 Å². The summed E-state index contributed by atoms with van der Waals surface area (Å²) in [5, 5.41) is 28.6. The summed E-state index contributed by atoms with van der Waals surface area (Å²) < 4.78 is 10.2. The fraction of sp³-hybridized carbons (Fsp3) is 0.606. The molecule has 0 saturated carbocycles. The van der Waals surface area contributed by atoms with E-state index in [1.807, 2.05) is 0 Å². The lowest BCUT2D eigenvalue weighted by atomic mass is 10.0. The van der Waals surface area contributed by atoms with Gasteiger partial charge in [-0.05, 0) is 106 Å². The highest BCUT2D eigenvalue weighted by Crippen LogP contribution is 2.24. The smallest absolute Gasteiger partial charge is 0.378 e. The van der Waals surface area contributed by atoms with Crippen LogP contribution in [0, 0.1) is 0 Å². The molecule has 3 N–H and O–H groups in total. The minimum atomic E-state index is -1.37. The van der Waals surface area contributed by atoms with E-state index < -0.39 is 30.5 Å². The van der Waals surface area contributed by atoms with Crippen molar-refractivity contribution >= 4 is 5.97 Å². The van der Waals surface area contributed by atoms with Crippen molar-refractivity contribution in [1.29, 1.82) is 0 Å². The maximum absolute atomic E-state index is 11.8. The van der Waals surface area contributed by atoms with Crippen molar-refractivity contribution in [2.75, 3.05) is 13.2 Å². The van der Waals surface area contributed by atoms with Gasteiger partial charge in [0.1, 0.15) is 6.10 Å². The van der Waals surface area contributed by atoms with Crippen LogP contribution in [0.25, 0.3) is 0 Å². The fourth-order valence-electron chi connectivity index (χ4n) is 4.22. The molecule has 0 aromatic carbocycles. The molecule has 0 radical (unpaired) electrons. The van der Waals surface area contributed by atoms with Crippen LogP contribution in [0.2, 0.25) is 0 Å². The molecule has 0 saturated heterocycles. The lowest BCUT2D eigenvalue weighted by Crippen LogP contribution is -2.31. The number of hydrogen-bond acceptors (Lipinski definition) is 6. The molecule has 1 unspecified atom stereocenters. The molecule has 1 aliphatic heterocycles. The van der Waals surface area contributed by atoms with Crippen LogP contribution < -0.4 is 0 Å². The Morgan fingerprint density at radius 1 is 0.795 bits per heavy atom. The molecule has 6 heteroatoms. The molecule has 39 heavy (non-hydrogen) atoms. The Hall–Kier alpha value is -2.57. The Bertz CT molecular complexity index is 943. The zero-order valence-corrected chi connectivity index (χ0v) is 25.1. The Kier molecular flexibility index (Phi) is 17.2. The number of esters is 1. The third-order valence-corrected chi connectivity index (χ3v) is 6.73. The largest absolute Gasteiger partial charge is 0.505 e. The van der Waals surface area contributed by atoms with Crippen molar-refractivity contribution in [3.8, 4) is 0 Å². The molecule has 0 amide bonds. The first kappa shape index (κ1) is 34.5. The number of carbonyl (C=O) groups is 1. The zero-order chi connectivity index (χ0) is 29.2. The Morgan fingerprint density at radius 3 is 1.74 bits per heavy atom. The molecular weight excluding hydrogens is 492 g/mol. The minimum Gasteiger partial charge on any atom is -0.505 e. The summed E-state index contributed by atoms with van der Waals surface area (Å²) in [6, 6.07) is 0. The van der Waals surface area contributed by atoms with Crippen LogP contribution in [0.15, 0.2) is 69.8 Å². The molecule has 1 rings (SSSR count). The maximum atomic E-state index is 11.8. The molecule has 0 aromatic rings. The highest BCUT2D eigenvalue weighted by Gasteiger charge is 2.40. The second-order valence-electron chi connectivity index (χ2n) is 10.9. The Labute approximate surface area is 236 Å². The highest BCUT2D eigenvalue weighted by atomic mass is 16.6. The number of allylic oxidation sites excluding steroid dienone is 10. The highest BCUT2D eigenvalue weighted by molar-refractivity contribution is 5.89. The van der Waals surface area contributed by atoms with Crippen molar-refractivity contribution in [1.82, 2.24) is 0 Å². The van der Waals surface area contributed by atoms with Gasteiger partial charge in [0.2, 0.25) is 5.76 Å². The molecule has 2 atom stereocenters. The Morgan fingerprint density at radius 2 is 1.26 bits per heavy atom. The lowest BCUT2D eigenvalue weighted by molar-refractivity contribution is -0.148. The van der Waals surface area contributed by atoms with Gasteiger partial charge < -0.3 is 24.8 Å². The average Bonchev–Trinajstić information content (AvgIpc) is 3.16. The third-order valence-electron chi connectivity index (χ3n) is 6.73. The van der Waals surface area contributed by atoms with Crippen molar-refractivity contribution in [2.24, 2.45) is 0 Å². The molecule has 1 aliphatic rings. The van der Waals surface area contributed by atoms with Crippen LogP contribution in [0.3, 0.4) is 0 Å². The lowest BCUT2D eigenvalue weighted by Gasteiger charge is -2.13. The van der Waals surface area contributed by atoms with Gasteiger partial charge in [-0.25, -0.2) is 4.79 Å². The van der Waals surface area contributed by atoms with Gasteiger partial charge >= 0.3 is 5.97 Å². The zero-order valence-electron chi connectivity index (χ0n) is 25.1. The summed E-state index contributed by atoms with van der Waals surface area (Å²) >= 11 is 0. The van der Waals surface area contributed by atoms with Gasteiger partial charge in [0, 0.05) is 0 Å². The standard InChI is InChI=1S/C33H52O6/c1-24(2)13-9-16-27(5)19-10-17-25(3)14-7-8-15-26(4)18-11-20-28(6)21-12-22-38-32-30(36)31(29(35)23-34)39-33(32)37/h13-15,19-20,29,31,34-36H,7-12,16-18,21-23H2,1-6H3/b25-14+,26-15+,27-19+,28-20+/t29?,31-/m1/s1. The van der Waals surface area contributed by atoms with E-state index in [-0.39, 0.29) is 12.4 Å². The number of aliphatic hydroxyl groups is 3. The summed E-state index contributed by atoms with van der Waals surface area (Å²) in [5.41, 5.74) is 7.01. The van der Waals surface area contributed by atoms with Crippen LogP contribution in [0.1, 0.15) is 106 Å². The van der Waals surface area contributed by atoms with E-state index in [0.29, 0.717) is 6.42 Å². The topological polar surface area (TPSA) is 96.2 Å². The minimum absolute atomic E-state index is 0.250. The first-order valence-corrected chi connectivity index (χ1v) is 14.4. The predicted octanol–water partition coefficient (Wildman–Crippen LogP) is 7.70. The third kappa shape index (κ3) is 15.0. The number of carbonyl (C=O) groups excluding carboxylic acids is 1. The number of rotatable bonds is 19. The van der Waals surface area contributed by atoms with E-state index in [1.54, 1.807) is 0 Å². The molecule has 0 aliphatic carbocycles. The molecule has 0 aromatic heterocycles. The summed E-state index contributed by atoms with van der Waals surface area (Å²) in [4.78, 5) is 11.8. The monoisotopic (exact) mass is 544 g/mol. The summed E-state index contributed by atoms with van der Waals surface area (Å²) in [6.07, 6.45) is 19.2. The summed E-state index contributed by atoms with van der Waals surface area (Å²) in [6.45, 7) is 12.7. The first-order chi connectivity index (χ1) is 18.5. The van der Waals surface area contributed by atoms with Crippen molar-refractivity contribution in [3.63, 3.8) is 0 Å². The van der Waals surface area contributed by atoms with Gasteiger partial charge in [-0.15, -0.1) is 0 Å². The average molecular weight is 545 g/mol. The molecule has 0 fully saturated rings. The maximum Gasteiger partial charge on any atom is 0.378 e. The van der Waals surface area contributed by atoms with E-state index in [1.165, 1.54) is 27.9 Å². The van der Waals surface area contributed by atoms with E-state index in [0.717, 1.165) is 57.8 Å². The van der Waals surface area contributed by atoms with E-state index in [2.05, 4.69) is 71.9 Å². The number of hydrogen-bond donors (Lipinski definition) is 3. The molecule has 6 nitrogen and oxygen atoms in total. The second kappa shape index (κ2) is 19.5. The Balaban J connectivity index is 2.25. The SMILES string of the molecule is CC(C)=CCC/C(C)=C/CC/C(C)=C/CC/C=C(\C)CC/C=C(\C)CCCOC1=C(O)[C@@H](C(O)CO)OC1=O. The van der Waals surface area contributed by atoms with E-state index >= 15 is 0 Å². The van der Waals surface area contributed by atoms with Gasteiger partial charge in [-0.2, -0.15) is 0 Å². The summed E-state index contributed by atoms with van der Waals surface area (Å²) in [5.74, 6) is -1.56. The molecular formula is C33H52O6. The molecule has 220 valence electrons. The van der Waals surface area contributed by atoms with Gasteiger partial charge in [0.25, 0.3) is 0 Å². The molecule has 0 bridgehead atoms. The van der Waals surface area contributed by atoms with E-state index in [9.17, 15) is 15.0 Å². The van der Waals surface area contributed by atoms with Gasteiger partial charge in [-0.1, -0.05) is 58.2 Å². The van der Waals surface area contributed by atoms with Crippen LogP contribution in [0.4, 0.5) is 0 Å². The number of unbranched alkanes of at least 4 members (excludes halogenated alkanes) is 1. The molecule has 1 heterocycles.